The highest BCUT2D eigenvalue weighted by Crippen LogP contribution is 2.37. The summed E-state index contributed by atoms with van der Waals surface area (Å²) in [6, 6.07) is 2.85. The molecule has 1 N–H and O–H groups in total. The molecule has 0 saturated heterocycles. The Morgan fingerprint density at radius 2 is 1.96 bits per heavy atom. The normalized spacial score (nSPS) is 16.1. The van der Waals surface area contributed by atoms with E-state index in [1.165, 1.54) is 25.5 Å². The zero-order valence-electron chi connectivity index (χ0n) is 13.6. The molecule has 0 unspecified atom stereocenters. The molecule has 0 radical (unpaired) electrons. The molecule has 134 valence electrons. The van der Waals surface area contributed by atoms with Crippen molar-refractivity contribution in [2.24, 2.45) is 5.92 Å². The number of aromatic nitrogens is 2. The van der Waals surface area contributed by atoms with Crippen molar-refractivity contribution in [3.05, 3.63) is 41.7 Å². The first-order valence-corrected chi connectivity index (χ1v) is 8.32. The lowest BCUT2D eigenvalue weighted by Gasteiger charge is -2.21. The Bertz CT molecular complexity index is 762. The van der Waals surface area contributed by atoms with Crippen LogP contribution in [0.15, 0.2) is 30.6 Å². The van der Waals surface area contributed by atoms with Crippen molar-refractivity contribution in [1.29, 1.82) is 0 Å². The molecule has 1 heterocycles. The van der Waals surface area contributed by atoms with Gasteiger partial charge in [0.2, 0.25) is 0 Å². The summed E-state index contributed by atoms with van der Waals surface area (Å²) in [5.41, 5.74) is -0.897. The van der Waals surface area contributed by atoms with Crippen molar-refractivity contribution in [2.75, 3.05) is 0 Å². The first-order valence-electron chi connectivity index (χ1n) is 8.32. The van der Waals surface area contributed by atoms with Crippen LogP contribution in [0.2, 0.25) is 0 Å². The molecule has 0 spiro atoms. The Kier molecular flexibility index (Phi) is 4.83. The summed E-state index contributed by atoms with van der Waals surface area (Å²) in [5.74, 6) is -0.765. The molecule has 25 heavy (non-hydrogen) atoms. The fraction of sp³-hybridized carbons (Fsp3) is 0.444. The van der Waals surface area contributed by atoms with Crippen LogP contribution in [0.5, 0.6) is 0 Å². The molecule has 0 amide bonds. The third kappa shape index (κ3) is 4.03. The van der Waals surface area contributed by atoms with Gasteiger partial charge in [-0.25, -0.2) is 4.79 Å². The van der Waals surface area contributed by atoms with E-state index in [-0.39, 0.29) is 16.7 Å². The SMILES string of the molecule is O=C(O)c1ccc(C(F)(F)F)c(-c2cnn(CC3CCCCC3)c2)c1. The van der Waals surface area contributed by atoms with Crippen molar-refractivity contribution in [3.63, 3.8) is 0 Å². The van der Waals surface area contributed by atoms with Gasteiger partial charge in [-0.15, -0.1) is 0 Å². The van der Waals surface area contributed by atoms with Gasteiger partial charge in [-0.05, 0) is 42.5 Å². The summed E-state index contributed by atoms with van der Waals surface area (Å²) in [7, 11) is 0. The maximum atomic E-state index is 13.3. The number of carboxylic acid groups (broad SMARTS) is 1. The highest BCUT2D eigenvalue weighted by molar-refractivity contribution is 5.90. The van der Waals surface area contributed by atoms with Crippen molar-refractivity contribution < 1.29 is 23.1 Å². The molecule has 0 atom stereocenters. The van der Waals surface area contributed by atoms with E-state index in [0.29, 0.717) is 12.5 Å². The molecule has 1 aliphatic rings. The Morgan fingerprint density at radius 1 is 1.24 bits per heavy atom. The van der Waals surface area contributed by atoms with E-state index in [2.05, 4.69) is 5.10 Å². The fourth-order valence-corrected chi connectivity index (χ4v) is 3.40. The van der Waals surface area contributed by atoms with E-state index in [4.69, 9.17) is 5.11 Å². The lowest BCUT2D eigenvalue weighted by molar-refractivity contribution is -0.137. The molecule has 1 saturated carbocycles. The van der Waals surface area contributed by atoms with Gasteiger partial charge in [0.15, 0.2) is 0 Å². The molecular formula is C18H19F3N2O2. The average molecular weight is 352 g/mol. The molecule has 1 aliphatic carbocycles. The number of benzene rings is 1. The zero-order valence-corrected chi connectivity index (χ0v) is 13.6. The summed E-state index contributed by atoms with van der Waals surface area (Å²) < 4.78 is 41.5. The van der Waals surface area contributed by atoms with Gasteiger partial charge in [0.25, 0.3) is 0 Å². The lowest BCUT2D eigenvalue weighted by Crippen LogP contribution is -2.14. The maximum absolute atomic E-state index is 13.3. The van der Waals surface area contributed by atoms with Crippen LogP contribution >= 0.6 is 0 Å². The zero-order chi connectivity index (χ0) is 18.0. The summed E-state index contributed by atoms with van der Waals surface area (Å²) in [6.07, 6.45) is 4.20. The molecule has 1 fully saturated rings. The monoisotopic (exact) mass is 352 g/mol. The summed E-state index contributed by atoms with van der Waals surface area (Å²) in [6.45, 7) is 0.681. The average Bonchev–Trinajstić information content (AvgIpc) is 3.02. The molecule has 1 aromatic carbocycles. The number of carboxylic acids is 1. The number of rotatable bonds is 4. The van der Waals surface area contributed by atoms with Gasteiger partial charge in [-0.3, -0.25) is 4.68 Å². The number of hydrogen-bond acceptors (Lipinski definition) is 2. The first-order chi connectivity index (χ1) is 11.8. The van der Waals surface area contributed by atoms with Crippen LogP contribution in [0.1, 0.15) is 48.0 Å². The lowest BCUT2D eigenvalue weighted by atomic mass is 9.89. The molecular weight excluding hydrogens is 333 g/mol. The Balaban J connectivity index is 1.92. The number of halogens is 3. The highest BCUT2D eigenvalue weighted by Gasteiger charge is 2.34. The number of nitrogens with zero attached hydrogens (tertiary/aromatic N) is 2. The Labute approximate surface area is 143 Å². The molecule has 0 aliphatic heterocycles. The van der Waals surface area contributed by atoms with Crippen LogP contribution < -0.4 is 0 Å². The van der Waals surface area contributed by atoms with Crippen molar-refractivity contribution in [2.45, 2.75) is 44.8 Å². The first kappa shape index (κ1) is 17.5. The number of aromatic carboxylic acids is 1. The van der Waals surface area contributed by atoms with Crippen molar-refractivity contribution in [3.8, 4) is 11.1 Å². The minimum atomic E-state index is -4.56. The van der Waals surface area contributed by atoms with E-state index < -0.39 is 17.7 Å². The number of alkyl halides is 3. The third-order valence-electron chi connectivity index (χ3n) is 4.69. The van der Waals surface area contributed by atoms with Gasteiger partial charge in [0.05, 0.1) is 17.3 Å². The van der Waals surface area contributed by atoms with E-state index in [0.717, 1.165) is 31.0 Å². The molecule has 7 heteroatoms. The predicted octanol–water partition coefficient (Wildman–Crippen LogP) is 4.85. The highest BCUT2D eigenvalue weighted by atomic mass is 19.4. The smallest absolute Gasteiger partial charge is 0.417 e. The summed E-state index contributed by atoms with van der Waals surface area (Å²) in [4.78, 5) is 11.1. The standard InChI is InChI=1S/C18H19F3N2O2/c19-18(20,21)16-7-6-13(17(24)25)8-15(16)14-9-22-23(11-14)10-12-4-2-1-3-5-12/h6-9,11-12H,1-5,10H2,(H,24,25). The van der Waals surface area contributed by atoms with Crippen LogP contribution in [0.25, 0.3) is 11.1 Å². The molecule has 0 bridgehead atoms. The van der Waals surface area contributed by atoms with E-state index in [1.807, 2.05) is 0 Å². The van der Waals surface area contributed by atoms with Crippen molar-refractivity contribution >= 4 is 5.97 Å². The van der Waals surface area contributed by atoms with Crippen LogP contribution in [-0.2, 0) is 12.7 Å². The molecule has 3 rings (SSSR count). The number of hydrogen-bond donors (Lipinski definition) is 1. The van der Waals surface area contributed by atoms with Gasteiger partial charge >= 0.3 is 12.1 Å². The van der Waals surface area contributed by atoms with Gasteiger partial charge in [0, 0.05) is 18.3 Å². The van der Waals surface area contributed by atoms with E-state index >= 15 is 0 Å². The molecule has 2 aromatic rings. The largest absolute Gasteiger partial charge is 0.478 e. The second kappa shape index (κ2) is 6.90. The third-order valence-corrected chi connectivity index (χ3v) is 4.69. The minimum Gasteiger partial charge on any atom is -0.478 e. The van der Waals surface area contributed by atoms with E-state index in [9.17, 15) is 18.0 Å². The number of carbonyl (C=O) groups is 1. The fourth-order valence-electron chi connectivity index (χ4n) is 3.40. The minimum absolute atomic E-state index is 0.151. The van der Waals surface area contributed by atoms with Gasteiger partial charge in [-0.2, -0.15) is 18.3 Å². The van der Waals surface area contributed by atoms with Gasteiger partial charge < -0.3 is 5.11 Å². The van der Waals surface area contributed by atoms with Crippen molar-refractivity contribution in [1.82, 2.24) is 9.78 Å². The topological polar surface area (TPSA) is 55.1 Å². The van der Waals surface area contributed by atoms with Crippen LogP contribution in [-0.4, -0.2) is 20.9 Å². The predicted molar refractivity (Wildman–Crippen MR) is 86.2 cm³/mol. The van der Waals surface area contributed by atoms with E-state index in [1.54, 1.807) is 10.9 Å². The quantitative estimate of drug-likeness (QED) is 0.856. The second-order valence-electron chi connectivity index (χ2n) is 6.52. The van der Waals surface area contributed by atoms with Gasteiger partial charge in [0.1, 0.15) is 0 Å². The molecule has 1 aromatic heterocycles. The van der Waals surface area contributed by atoms with Crippen LogP contribution in [0, 0.1) is 5.92 Å². The van der Waals surface area contributed by atoms with Gasteiger partial charge in [-0.1, -0.05) is 19.3 Å². The summed E-state index contributed by atoms with van der Waals surface area (Å²) in [5, 5.41) is 13.3. The molecule has 4 nitrogen and oxygen atoms in total. The summed E-state index contributed by atoms with van der Waals surface area (Å²) >= 11 is 0. The maximum Gasteiger partial charge on any atom is 0.417 e. The Hall–Kier alpha value is -2.31. The van der Waals surface area contributed by atoms with Crippen LogP contribution in [0.4, 0.5) is 13.2 Å². The Morgan fingerprint density at radius 3 is 2.60 bits per heavy atom. The van der Waals surface area contributed by atoms with Crippen LogP contribution in [0.3, 0.4) is 0 Å². The second-order valence-corrected chi connectivity index (χ2v) is 6.52.